The van der Waals surface area contributed by atoms with Crippen LogP contribution in [0.5, 0.6) is 0 Å². The van der Waals surface area contributed by atoms with Gasteiger partial charge in [-0.25, -0.2) is 0 Å². The fraction of sp³-hybridized carbons (Fsp3) is 0.108. The summed E-state index contributed by atoms with van der Waals surface area (Å²) in [5.74, 6) is 0. The van der Waals surface area contributed by atoms with Crippen molar-refractivity contribution in [1.29, 1.82) is 0 Å². The number of hydrogen-bond donors (Lipinski definition) is 0. The number of hydrogen-bond acceptors (Lipinski definition) is 2. The van der Waals surface area contributed by atoms with Crippen LogP contribution in [0, 0.1) is 0 Å². The van der Waals surface area contributed by atoms with Crippen LogP contribution in [0.1, 0.15) is 81.3 Å². The first-order chi connectivity index (χ1) is 42.0. The molecular formula is C83H62N2. The largest absolute Gasteiger partial charge is 0.344 e. The first-order valence-electron chi connectivity index (χ1n) is 30.4. The molecule has 2 heteroatoms. The van der Waals surface area contributed by atoms with Crippen molar-refractivity contribution in [2.75, 3.05) is 23.9 Å². The lowest BCUT2D eigenvalue weighted by molar-refractivity contribution is 0.550. The fourth-order valence-electron chi connectivity index (χ4n) is 17.0. The number of benzene rings is 13. The molecule has 2 aliphatic carbocycles. The molecule has 2 nitrogen and oxygen atoms in total. The monoisotopic (exact) mass is 1090 g/mol. The average molecular weight is 1090 g/mol. The van der Waals surface area contributed by atoms with E-state index in [1.165, 1.54) is 170 Å². The summed E-state index contributed by atoms with van der Waals surface area (Å²) < 4.78 is 0. The lowest BCUT2D eigenvalue weighted by Crippen LogP contribution is -2.38. The van der Waals surface area contributed by atoms with Crippen molar-refractivity contribution in [2.45, 2.75) is 41.9 Å². The maximum Gasteiger partial charge on any atom is 0.0742 e. The average Bonchev–Trinajstić information content (AvgIpc) is 1.13. The fourth-order valence-corrected chi connectivity index (χ4v) is 17.0. The van der Waals surface area contributed by atoms with Crippen LogP contribution in [0.4, 0.5) is 22.7 Å². The molecule has 1 saturated carbocycles. The van der Waals surface area contributed by atoms with Crippen LogP contribution in [-0.4, -0.2) is 14.1 Å². The van der Waals surface area contributed by atoms with Crippen molar-refractivity contribution in [2.24, 2.45) is 0 Å². The van der Waals surface area contributed by atoms with Crippen molar-refractivity contribution in [3.63, 3.8) is 0 Å². The molecule has 0 aromatic heterocycles. The summed E-state index contributed by atoms with van der Waals surface area (Å²) in [6.45, 7) is 0. The van der Waals surface area contributed by atoms with Gasteiger partial charge >= 0.3 is 0 Å². The SMILES string of the molecule is CN1c2ccccc2C(c2ccccc2)(c2ccccc2)c2cccc(-c3cccc4c(-c5cccc6c5-c5ccccc5C65CCCC5)c5cccc(-c6cccc7c6N(C)c6ccccc6C7(c6ccccc6)c6ccccc6)c5cc34)c21. The summed E-state index contributed by atoms with van der Waals surface area (Å²) in [6.07, 6.45) is 4.84. The number of nitrogens with zero attached hydrogens (tertiary/aromatic N) is 2. The Hall–Kier alpha value is -10.0. The molecule has 2 heterocycles. The summed E-state index contributed by atoms with van der Waals surface area (Å²) >= 11 is 0. The third-order valence-electron chi connectivity index (χ3n) is 20.4. The van der Waals surface area contributed by atoms with E-state index < -0.39 is 10.8 Å². The van der Waals surface area contributed by atoms with E-state index in [1.54, 1.807) is 0 Å². The predicted molar refractivity (Wildman–Crippen MR) is 355 cm³/mol. The van der Waals surface area contributed by atoms with E-state index in [0.29, 0.717) is 0 Å². The first kappa shape index (κ1) is 49.6. The Bertz CT molecular complexity index is 4480. The van der Waals surface area contributed by atoms with Crippen LogP contribution in [0.2, 0.25) is 0 Å². The Morgan fingerprint density at radius 1 is 0.259 bits per heavy atom. The Labute approximate surface area is 498 Å². The smallest absolute Gasteiger partial charge is 0.0742 e. The van der Waals surface area contributed by atoms with E-state index in [4.69, 9.17) is 0 Å². The van der Waals surface area contributed by atoms with Gasteiger partial charge in [-0.15, -0.1) is 0 Å². The van der Waals surface area contributed by atoms with E-state index in [-0.39, 0.29) is 5.41 Å². The molecule has 0 N–H and O–H groups in total. The van der Waals surface area contributed by atoms with E-state index >= 15 is 0 Å². The van der Waals surface area contributed by atoms with Gasteiger partial charge in [0, 0.05) is 42.0 Å². The van der Waals surface area contributed by atoms with Gasteiger partial charge in [0.05, 0.1) is 22.2 Å². The molecule has 1 fully saturated rings. The highest BCUT2D eigenvalue weighted by Gasteiger charge is 2.49. The molecule has 1 spiro atoms. The third-order valence-corrected chi connectivity index (χ3v) is 20.4. The number of para-hydroxylation sites is 4. The van der Waals surface area contributed by atoms with Crippen LogP contribution < -0.4 is 9.80 Å². The van der Waals surface area contributed by atoms with Crippen LogP contribution in [0.3, 0.4) is 0 Å². The molecule has 13 aromatic rings. The van der Waals surface area contributed by atoms with Gasteiger partial charge in [0.2, 0.25) is 0 Å². The molecule has 404 valence electrons. The molecule has 17 rings (SSSR count). The number of rotatable bonds is 7. The number of fused-ring (bicyclic) bond motifs is 11. The minimum absolute atomic E-state index is 0.0145. The van der Waals surface area contributed by atoms with E-state index in [1.807, 2.05) is 0 Å². The van der Waals surface area contributed by atoms with E-state index in [9.17, 15) is 0 Å². The summed E-state index contributed by atoms with van der Waals surface area (Å²) in [5.41, 5.74) is 26.9. The van der Waals surface area contributed by atoms with Gasteiger partial charge in [-0.1, -0.05) is 286 Å². The number of anilines is 4. The first-order valence-corrected chi connectivity index (χ1v) is 30.4. The van der Waals surface area contributed by atoms with Crippen molar-refractivity contribution in [3.8, 4) is 44.5 Å². The van der Waals surface area contributed by atoms with Crippen LogP contribution >= 0.6 is 0 Å². The second-order valence-electron chi connectivity index (χ2n) is 24.1. The molecule has 0 saturated heterocycles. The van der Waals surface area contributed by atoms with Gasteiger partial charge in [0.25, 0.3) is 0 Å². The molecule has 85 heavy (non-hydrogen) atoms. The highest BCUT2D eigenvalue weighted by Crippen LogP contribution is 2.63. The minimum atomic E-state index is -0.605. The molecular weight excluding hydrogens is 1020 g/mol. The van der Waals surface area contributed by atoms with Gasteiger partial charge in [-0.05, 0) is 142 Å². The van der Waals surface area contributed by atoms with Gasteiger partial charge < -0.3 is 9.80 Å². The van der Waals surface area contributed by atoms with Crippen molar-refractivity contribution < 1.29 is 0 Å². The molecule has 0 bridgehead atoms. The lowest BCUT2D eigenvalue weighted by Gasteiger charge is -2.46. The van der Waals surface area contributed by atoms with Crippen LogP contribution in [-0.2, 0) is 16.2 Å². The highest BCUT2D eigenvalue weighted by molar-refractivity contribution is 6.22. The summed E-state index contributed by atoms with van der Waals surface area (Å²) in [6, 6.07) is 111. The van der Waals surface area contributed by atoms with Crippen molar-refractivity contribution in [3.05, 3.63) is 347 Å². The standard InChI is InChI=1S/C83H62N2/c1-84-75-50-19-17-45-70(75)82(55-28-7-3-8-29-55,56-30-9-4-10-31-56)73-48-25-41-63(79(73)84)59-37-23-39-61-67(59)54-68-60(38-24-40-62(68)77(61)66-43-27-47-72-78(66)65-36-15-16-44-69(65)81(72)52-21-22-53-81)64-42-26-49-74-80(64)85(2)76-51-20-18-46-71(76)83(74,57-32-11-5-12-33-57)58-34-13-6-14-35-58/h3-20,23-51,54H,21-22,52-53H2,1-2H3. The van der Waals surface area contributed by atoms with Crippen molar-refractivity contribution >= 4 is 44.3 Å². The lowest BCUT2D eigenvalue weighted by atomic mass is 9.62. The Morgan fingerprint density at radius 3 is 1.06 bits per heavy atom. The predicted octanol–water partition coefficient (Wildman–Crippen LogP) is 20.8. The molecule has 13 aromatic carbocycles. The summed E-state index contributed by atoms with van der Waals surface area (Å²) in [5, 5.41) is 4.97. The van der Waals surface area contributed by atoms with E-state index in [2.05, 4.69) is 315 Å². The molecule has 4 aliphatic rings. The van der Waals surface area contributed by atoms with Gasteiger partial charge in [0.15, 0.2) is 0 Å². The molecule has 2 aliphatic heterocycles. The van der Waals surface area contributed by atoms with E-state index in [0.717, 1.165) is 0 Å². The topological polar surface area (TPSA) is 6.48 Å². The van der Waals surface area contributed by atoms with Gasteiger partial charge in [-0.2, -0.15) is 0 Å². The highest BCUT2D eigenvalue weighted by atomic mass is 15.1. The molecule has 0 atom stereocenters. The quantitative estimate of drug-likeness (QED) is 0.147. The second-order valence-corrected chi connectivity index (χ2v) is 24.1. The Kier molecular flexibility index (Phi) is 11.1. The third kappa shape index (κ3) is 6.77. The van der Waals surface area contributed by atoms with Crippen LogP contribution in [0.15, 0.2) is 291 Å². The zero-order valence-electron chi connectivity index (χ0n) is 47.9. The van der Waals surface area contributed by atoms with Gasteiger partial charge in [-0.3, -0.25) is 0 Å². The van der Waals surface area contributed by atoms with Crippen LogP contribution in [0.25, 0.3) is 66.1 Å². The molecule has 0 unspecified atom stereocenters. The van der Waals surface area contributed by atoms with Gasteiger partial charge in [0.1, 0.15) is 0 Å². The summed E-state index contributed by atoms with van der Waals surface area (Å²) in [7, 11) is 4.57. The van der Waals surface area contributed by atoms with Crippen molar-refractivity contribution in [1.82, 2.24) is 0 Å². The minimum Gasteiger partial charge on any atom is -0.344 e. The maximum atomic E-state index is 2.57. The zero-order chi connectivity index (χ0) is 56.4. The maximum absolute atomic E-state index is 2.57. The Morgan fingerprint density at radius 2 is 0.600 bits per heavy atom. The Balaban J connectivity index is 0.999. The second kappa shape index (κ2) is 19.0. The normalized spacial score (nSPS) is 15.5. The summed E-state index contributed by atoms with van der Waals surface area (Å²) in [4.78, 5) is 4.96. The molecule has 0 amide bonds. The molecule has 0 radical (unpaired) electrons. The zero-order valence-corrected chi connectivity index (χ0v) is 47.9.